The smallest absolute Gasteiger partial charge is 0.339 e. The summed E-state index contributed by atoms with van der Waals surface area (Å²) in [5.41, 5.74) is 0.967. The molecule has 0 spiro atoms. The molecule has 0 unspecified atom stereocenters. The first-order valence-electron chi connectivity index (χ1n) is 8.36. The Balaban J connectivity index is 1.60. The van der Waals surface area contributed by atoms with Gasteiger partial charge in [-0.1, -0.05) is 23.7 Å². The van der Waals surface area contributed by atoms with Crippen molar-refractivity contribution < 1.29 is 26.5 Å². The largest absolute Gasteiger partial charge is 0.452 e. The number of fused-ring (bicyclic) bond motifs is 1. The number of carbonyl (C=O) groups excluding carboxylic acids is 1. The van der Waals surface area contributed by atoms with E-state index in [4.69, 9.17) is 20.5 Å². The van der Waals surface area contributed by atoms with E-state index < -0.39 is 15.9 Å². The average molecular weight is 431 g/mol. The zero-order chi connectivity index (χ0) is 20.6. The number of Topliss-reactive ketones (excluding diaryl/α,β-unsaturated/α-hetero) is 1. The third-order valence-corrected chi connectivity index (χ3v) is 5.59. The van der Waals surface area contributed by atoms with Gasteiger partial charge in [-0.15, -0.1) is 0 Å². The first kappa shape index (κ1) is 19.2. The first-order valence-corrected chi connectivity index (χ1v) is 10.1. The van der Waals surface area contributed by atoms with Gasteiger partial charge in [0.05, 0.1) is 5.56 Å². The van der Waals surface area contributed by atoms with Gasteiger partial charge in [0.25, 0.3) is 0 Å². The van der Waals surface area contributed by atoms with Gasteiger partial charge in [-0.05, 0) is 60.2 Å². The Kier molecular flexibility index (Phi) is 4.86. The summed E-state index contributed by atoms with van der Waals surface area (Å²) in [6.07, 6.45) is 1.55. The molecule has 1 aliphatic heterocycles. The highest BCUT2D eigenvalue weighted by Gasteiger charge is 2.28. The minimum absolute atomic E-state index is 0.0371. The van der Waals surface area contributed by atoms with E-state index in [1.807, 2.05) is 0 Å². The van der Waals surface area contributed by atoms with Crippen LogP contribution in [0.4, 0.5) is 4.39 Å². The third kappa shape index (κ3) is 4.01. The van der Waals surface area contributed by atoms with Gasteiger partial charge in [-0.25, -0.2) is 4.39 Å². The van der Waals surface area contributed by atoms with Crippen molar-refractivity contribution in [2.45, 2.75) is 4.90 Å². The molecule has 0 amide bonds. The van der Waals surface area contributed by atoms with Crippen LogP contribution >= 0.6 is 11.6 Å². The maximum absolute atomic E-state index is 13.0. The van der Waals surface area contributed by atoms with E-state index in [0.29, 0.717) is 10.6 Å². The summed E-state index contributed by atoms with van der Waals surface area (Å²) in [5, 5.41) is 0.518. The minimum Gasteiger partial charge on any atom is -0.452 e. The van der Waals surface area contributed by atoms with E-state index in [2.05, 4.69) is 0 Å². The third-order valence-electron chi connectivity index (χ3n) is 4.10. The van der Waals surface area contributed by atoms with Crippen LogP contribution in [0.1, 0.15) is 15.9 Å². The lowest BCUT2D eigenvalue weighted by Gasteiger charge is -2.08. The molecular formula is C21H12ClFO5S. The van der Waals surface area contributed by atoms with Crippen molar-refractivity contribution in [3.05, 3.63) is 94.5 Å². The van der Waals surface area contributed by atoms with Gasteiger partial charge in [0.15, 0.2) is 5.76 Å². The molecule has 0 radical (unpaired) electrons. The van der Waals surface area contributed by atoms with Crippen molar-refractivity contribution in [1.82, 2.24) is 0 Å². The van der Waals surface area contributed by atoms with E-state index in [-0.39, 0.29) is 33.5 Å². The molecule has 0 N–H and O–H groups in total. The van der Waals surface area contributed by atoms with Gasteiger partial charge in [-0.3, -0.25) is 4.79 Å². The molecule has 0 atom stereocenters. The lowest BCUT2D eigenvalue weighted by atomic mass is 10.1. The summed E-state index contributed by atoms with van der Waals surface area (Å²) < 4.78 is 48.3. The number of ketones is 1. The molecular weight excluding hydrogens is 419 g/mol. The lowest BCUT2D eigenvalue weighted by Crippen LogP contribution is -2.09. The Morgan fingerprint density at radius 2 is 1.76 bits per heavy atom. The van der Waals surface area contributed by atoms with Crippen molar-refractivity contribution in [3.63, 3.8) is 0 Å². The molecule has 3 aromatic rings. The molecule has 0 aromatic heterocycles. The van der Waals surface area contributed by atoms with E-state index in [1.54, 1.807) is 30.3 Å². The van der Waals surface area contributed by atoms with Gasteiger partial charge in [0, 0.05) is 11.1 Å². The van der Waals surface area contributed by atoms with E-state index in [0.717, 1.165) is 24.3 Å². The molecule has 0 fully saturated rings. The Labute approximate surface area is 171 Å². The number of rotatable bonds is 4. The second-order valence-electron chi connectivity index (χ2n) is 6.14. The van der Waals surface area contributed by atoms with Crippen molar-refractivity contribution in [1.29, 1.82) is 0 Å². The van der Waals surface area contributed by atoms with Crippen LogP contribution in [0.5, 0.6) is 11.5 Å². The van der Waals surface area contributed by atoms with Crippen LogP contribution < -0.4 is 8.92 Å². The summed E-state index contributed by atoms with van der Waals surface area (Å²) in [5.74, 6) is -0.680. The molecule has 4 rings (SSSR count). The second-order valence-corrected chi connectivity index (χ2v) is 8.13. The van der Waals surface area contributed by atoms with E-state index in [9.17, 15) is 17.6 Å². The predicted octanol–water partition coefficient (Wildman–Crippen LogP) is 4.86. The van der Waals surface area contributed by atoms with Crippen LogP contribution in [-0.4, -0.2) is 14.2 Å². The Bertz CT molecular complexity index is 1250. The molecule has 0 bridgehead atoms. The monoisotopic (exact) mass is 430 g/mol. The van der Waals surface area contributed by atoms with Crippen LogP contribution in [0.3, 0.4) is 0 Å². The predicted molar refractivity (Wildman–Crippen MR) is 105 cm³/mol. The second kappa shape index (κ2) is 7.35. The van der Waals surface area contributed by atoms with E-state index >= 15 is 0 Å². The molecule has 3 aromatic carbocycles. The molecule has 5 nitrogen and oxygen atoms in total. The molecule has 0 saturated heterocycles. The Hall–Kier alpha value is -3.16. The minimum atomic E-state index is -4.16. The highest BCUT2D eigenvalue weighted by Crippen LogP contribution is 2.35. The number of hydrogen-bond donors (Lipinski definition) is 0. The van der Waals surface area contributed by atoms with Gasteiger partial charge in [0.1, 0.15) is 22.2 Å². The van der Waals surface area contributed by atoms with Crippen molar-refractivity contribution in [2.24, 2.45) is 0 Å². The molecule has 1 heterocycles. The number of ether oxygens (including phenoxy) is 1. The van der Waals surface area contributed by atoms with Crippen LogP contribution in [-0.2, 0) is 10.1 Å². The SMILES string of the molecule is O=C1/C(=C/c2cccc(Cl)c2)Oc2cc(OS(=O)(=O)c3ccc(F)cc3)ccc21. The summed E-state index contributed by atoms with van der Waals surface area (Å²) in [7, 11) is -4.16. The molecule has 1 aliphatic rings. The number of halogens is 2. The molecule has 8 heteroatoms. The Morgan fingerprint density at radius 3 is 2.48 bits per heavy atom. The fourth-order valence-electron chi connectivity index (χ4n) is 2.74. The van der Waals surface area contributed by atoms with Gasteiger partial charge in [-0.2, -0.15) is 8.42 Å². The summed E-state index contributed by atoms with van der Waals surface area (Å²) in [4.78, 5) is 12.3. The standard InChI is InChI=1S/C21H12ClFO5S/c22-14-3-1-2-13(10-14)11-20-21(24)18-9-6-16(12-19(18)27-20)28-29(25,26)17-7-4-15(23)5-8-17/h1-12H/b20-11-. The number of benzene rings is 3. The van der Waals surface area contributed by atoms with Crippen molar-refractivity contribution in [3.8, 4) is 11.5 Å². The van der Waals surface area contributed by atoms with Crippen molar-refractivity contribution >= 4 is 33.6 Å². The van der Waals surface area contributed by atoms with Gasteiger partial charge < -0.3 is 8.92 Å². The zero-order valence-electron chi connectivity index (χ0n) is 14.6. The number of hydrogen-bond acceptors (Lipinski definition) is 5. The maximum atomic E-state index is 13.0. The first-order chi connectivity index (χ1) is 13.8. The van der Waals surface area contributed by atoms with Gasteiger partial charge >= 0.3 is 10.1 Å². The van der Waals surface area contributed by atoms with Crippen LogP contribution in [0.25, 0.3) is 6.08 Å². The molecule has 0 saturated carbocycles. The van der Waals surface area contributed by atoms with Crippen LogP contribution in [0, 0.1) is 5.82 Å². The van der Waals surface area contributed by atoms with E-state index in [1.165, 1.54) is 18.2 Å². The van der Waals surface area contributed by atoms with Crippen LogP contribution in [0.2, 0.25) is 5.02 Å². The summed E-state index contributed by atoms with van der Waals surface area (Å²) in [6.45, 7) is 0. The summed E-state index contributed by atoms with van der Waals surface area (Å²) in [6, 6.07) is 15.2. The highest BCUT2D eigenvalue weighted by atomic mass is 35.5. The topological polar surface area (TPSA) is 69.7 Å². The number of allylic oxidation sites excluding steroid dienone is 1. The van der Waals surface area contributed by atoms with Crippen LogP contribution in [0.15, 0.2) is 77.4 Å². The zero-order valence-corrected chi connectivity index (χ0v) is 16.2. The number of carbonyl (C=O) groups is 1. The molecule has 146 valence electrons. The molecule has 29 heavy (non-hydrogen) atoms. The van der Waals surface area contributed by atoms with Crippen molar-refractivity contribution in [2.75, 3.05) is 0 Å². The average Bonchev–Trinajstić information content (AvgIpc) is 2.97. The quantitative estimate of drug-likeness (QED) is 0.436. The lowest BCUT2D eigenvalue weighted by molar-refractivity contribution is 0.101. The fourth-order valence-corrected chi connectivity index (χ4v) is 3.86. The van der Waals surface area contributed by atoms with Gasteiger partial charge in [0.2, 0.25) is 5.78 Å². The molecule has 0 aliphatic carbocycles. The normalized spacial score (nSPS) is 14.6. The fraction of sp³-hybridized carbons (Fsp3) is 0. The maximum Gasteiger partial charge on any atom is 0.339 e. The summed E-state index contributed by atoms with van der Waals surface area (Å²) >= 11 is 5.95. The Morgan fingerprint density at radius 1 is 1.00 bits per heavy atom. The highest BCUT2D eigenvalue weighted by molar-refractivity contribution is 7.87.